The van der Waals surface area contributed by atoms with Gasteiger partial charge >= 0.3 is 6.03 Å². The van der Waals surface area contributed by atoms with Gasteiger partial charge in [-0.1, -0.05) is 48.9 Å². The van der Waals surface area contributed by atoms with E-state index in [0.717, 1.165) is 23.4 Å². The molecule has 2 aromatic carbocycles. The highest BCUT2D eigenvalue weighted by Crippen LogP contribution is 2.17. The fourth-order valence-corrected chi connectivity index (χ4v) is 3.78. The van der Waals surface area contributed by atoms with Gasteiger partial charge in [-0.2, -0.15) is 0 Å². The zero-order chi connectivity index (χ0) is 21.1. The maximum Gasteiger partial charge on any atom is 0.322 e. The molecule has 4 rings (SSSR count). The molecule has 0 unspecified atom stereocenters. The second-order valence-electron chi connectivity index (χ2n) is 7.76. The molecule has 1 aliphatic heterocycles. The van der Waals surface area contributed by atoms with E-state index in [2.05, 4.69) is 28.3 Å². The van der Waals surface area contributed by atoms with Crippen LogP contribution in [0.4, 0.5) is 10.5 Å². The van der Waals surface area contributed by atoms with Gasteiger partial charge in [-0.15, -0.1) is 0 Å². The largest absolute Gasteiger partial charge is 0.322 e. The van der Waals surface area contributed by atoms with Gasteiger partial charge in [0.15, 0.2) is 0 Å². The van der Waals surface area contributed by atoms with Gasteiger partial charge in [0.25, 0.3) is 5.56 Å². The van der Waals surface area contributed by atoms with Gasteiger partial charge in [-0.05, 0) is 36.6 Å². The van der Waals surface area contributed by atoms with Gasteiger partial charge in [0.2, 0.25) is 0 Å². The number of carbonyl (C=O) groups excluding carboxylic acids is 1. The molecule has 30 heavy (non-hydrogen) atoms. The molecule has 0 atom stereocenters. The van der Waals surface area contributed by atoms with Crippen molar-refractivity contribution in [2.45, 2.75) is 39.7 Å². The molecule has 2 N–H and O–H groups in total. The van der Waals surface area contributed by atoms with Crippen LogP contribution in [0, 0.1) is 6.92 Å². The summed E-state index contributed by atoms with van der Waals surface area (Å²) >= 11 is 0. The molecule has 154 valence electrons. The first-order valence-electron chi connectivity index (χ1n) is 10.3. The fourth-order valence-electron chi connectivity index (χ4n) is 3.78. The van der Waals surface area contributed by atoms with Crippen LogP contribution < -0.4 is 10.9 Å². The average Bonchev–Trinajstić information content (AvgIpc) is 2.74. The van der Waals surface area contributed by atoms with Gasteiger partial charge in [0, 0.05) is 25.1 Å². The number of aryl methyl sites for hydroxylation is 2. The van der Waals surface area contributed by atoms with Crippen LogP contribution in [0.1, 0.15) is 40.7 Å². The summed E-state index contributed by atoms with van der Waals surface area (Å²) in [6, 6.07) is 15.8. The van der Waals surface area contributed by atoms with Crippen molar-refractivity contribution in [3.8, 4) is 0 Å². The Kier molecular flexibility index (Phi) is 5.65. The summed E-state index contributed by atoms with van der Waals surface area (Å²) in [7, 11) is 0. The molecule has 2 amide bonds. The van der Waals surface area contributed by atoms with Crippen molar-refractivity contribution in [1.82, 2.24) is 14.9 Å². The number of amides is 2. The Morgan fingerprint density at radius 1 is 1.17 bits per heavy atom. The second kappa shape index (κ2) is 8.53. The summed E-state index contributed by atoms with van der Waals surface area (Å²) in [5.41, 5.74) is 5.47. The molecule has 0 aliphatic carbocycles. The number of rotatable bonds is 4. The summed E-state index contributed by atoms with van der Waals surface area (Å²) < 4.78 is 0. The molecular formula is C24H26N4O2. The topological polar surface area (TPSA) is 78.1 Å². The number of nitrogens with zero attached hydrogens (tertiary/aromatic N) is 2. The van der Waals surface area contributed by atoms with Crippen molar-refractivity contribution in [2.75, 3.05) is 11.9 Å². The van der Waals surface area contributed by atoms with Gasteiger partial charge in [0.1, 0.15) is 5.82 Å². The standard InChI is InChI=1S/C24H26N4O2/c1-3-17-7-9-19(10-8-17)25-24(30)28-12-11-21-20(15-28)23(29)27-22(26-21)14-18-6-4-5-16(2)13-18/h4-10,13H,3,11-12,14-15H2,1-2H3,(H,25,30)(H,26,27,29). The van der Waals surface area contributed by atoms with Crippen molar-refractivity contribution in [1.29, 1.82) is 0 Å². The zero-order valence-corrected chi connectivity index (χ0v) is 17.4. The Labute approximate surface area is 176 Å². The molecule has 0 radical (unpaired) electrons. The smallest absolute Gasteiger partial charge is 0.320 e. The van der Waals surface area contributed by atoms with Crippen LogP contribution in [0.5, 0.6) is 0 Å². The molecule has 0 saturated carbocycles. The second-order valence-corrected chi connectivity index (χ2v) is 7.76. The van der Waals surface area contributed by atoms with E-state index in [-0.39, 0.29) is 18.1 Å². The third-order valence-corrected chi connectivity index (χ3v) is 5.47. The van der Waals surface area contributed by atoms with E-state index in [1.165, 1.54) is 11.1 Å². The number of urea groups is 1. The molecule has 2 heterocycles. The van der Waals surface area contributed by atoms with Crippen LogP contribution in [-0.2, 0) is 25.8 Å². The predicted octanol–water partition coefficient (Wildman–Crippen LogP) is 3.82. The first kappa shape index (κ1) is 19.9. The number of carbonyl (C=O) groups is 1. The van der Waals surface area contributed by atoms with Crippen molar-refractivity contribution < 1.29 is 4.79 Å². The number of nitrogens with one attached hydrogen (secondary N) is 2. The van der Waals surface area contributed by atoms with Crippen molar-refractivity contribution in [2.24, 2.45) is 0 Å². The van der Waals surface area contributed by atoms with E-state index < -0.39 is 0 Å². The number of aromatic amines is 1. The molecule has 0 fully saturated rings. The lowest BCUT2D eigenvalue weighted by atomic mass is 10.1. The molecule has 0 bridgehead atoms. The Balaban J connectivity index is 1.46. The normalized spacial score (nSPS) is 13.1. The van der Waals surface area contributed by atoms with Crippen molar-refractivity contribution in [3.05, 3.63) is 92.7 Å². The number of anilines is 1. The molecular weight excluding hydrogens is 376 g/mol. The average molecular weight is 402 g/mol. The SMILES string of the molecule is CCc1ccc(NC(=O)N2CCc3nc(Cc4cccc(C)c4)[nH]c(=O)c3C2)cc1. The molecule has 1 aromatic heterocycles. The summed E-state index contributed by atoms with van der Waals surface area (Å²) in [4.78, 5) is 34.6. The quantitative estimate of drug-likeness (QED) is 0.696. The van der Waals surface area contributed by atoms with E-state index in [1.807, 2.05) is 49.4 Å². The van der Waals surface area contributed by atoms with Gasteiger partial charge < -0.3 is 15.2 Å². The van der Waals surface area contributed by atoms with Crippen molar-refractivity contribution >= 4 is 11.7 Å². The minimum absolute atomic E-state index is 0.160. The highest BCUT2D eigenvalue weighted by molar-refractivity contribution is 5.89. The monoisotopic (exact) mass is 402 g/mol. The molecule has 6 heteroatoms. The Morgan fingerprint density at radius 2 is 1.97 bits per heavy atom. The zero-order valence-electron chi connectivity index (χ0n) is 17.4. The summed E-state index contributed by atoms with van der Waals surface area (Å²) in [5.74, 6) is 0.665. The third kappa shape index (κ3) is 4.43. The minimum Gasteiger partial charge on any atom is -0.320 e. The van der Waals surface area contributed by atoms with Gasteiger partial charge in [-0.3, -0.25) is 4.79 Å². The molecule has 1 aliphatic rings. The minimum atomic E-state index is -0.201. The number of H-pyrrole nitrogens is 1. The molecule has 6 nitrogen and oxygen atoms in total. The Bertz CT molecular complexity index is 1120. The highest BCUT2D eigenvalue weighted by atomic mass is 16.2. The molecule has 0 saturated heterocycles. The number of aromatic nitrogens is 2. The molecule has 0 spiro atoms. The lowest BCUT2D eigenvalue weighted by Crippen LogP contribution is -2.42. The van der Waals surface area contributed by atoms with E-state index in [4.69, 9.17) is 0 Å². The Morgan fingerprint density at radius 3 is 2.70 bits per heavy atom. The highest BCUT2D eigenvalue weighted by Gasteiger charge is 2.24. The lowest BCUT2D eigenvalue weighted by molar-refractivity contribution is 0.205. The first-order valence-corrected chi connectivity index (χ1v) is 10.3. The summed E-state index contributed by atoms with van der Waals surface area (Å²) in [6.07, 6.45) is 2.11. The summed E-state index contributed by atoms with van der Waals surface area (Å²) in [6.45, 7) is 4.94. The number of hydrogen-bond acceptors (Lipinski definition) is 3. The van der Waals surface area contributed by atoms with Crippen LogP contribution in [0.15, 0.2) is 53.3 Å². The molecule has 3 aromatic rings. The maximum atomic E-state index is 12.7. The van der Waals surface area contributed by atoms with Crippen LogP contribution in [-0.4, -0.2) is 27.4 Å². The van der Waals surface area contributed by atoms with Crippen LogP contribution in [0.3, 0.4) is 0 Å². The Hall–Kier alpha value is -3.41. The van der Waals surface area contributed by atoms with Gasteiger partial charge in [0.05, 0.1) is 17.8 Å². The maximum absolute atomic E-state index is 12.7. The van der Waals surface area contributed by atoms with E-state index >= 15 is 0 Å². The van der Waals surface area contributed by atoms with Crippen LogP contribution in [0.2, 0.25) is 0 Å². The van der Waals surface area contributed by atoms with Crippen molar-refractivity contribution in [3.63, 3.8) is 0 Å². The lowest BCUT2D eigenvalue weighted by Gasteiger charge is -2.28. The fraction of sp³-hybridized carbons (Fsp3) is 0.292. The van der Waals surface area contributed by atoms with Gasteiger partial charge in [-0.25, -0.2) is 9.78 Å². The van der Waals surface area contributed by atoms with E-state index in [1.54, 1.807) is 4.90 Å². The third-order valence-electron chi connectivity index (χ3n) is 5.47. The van der Waals surface area contributed by atoms with E-state index in [9.17, 15) is 9.59 Å². The number of hydrogen-bond donors (Lipinski definition) is 2. The summed E-state index contributed by atoms with van der Waals surface area (Å²) in [5, 5.41) is 2.92. The van der Waals surface area contributed by atoms with Crippen LogP contribution in [0.25, 0.3) is 0 Å². The number of fused-ring (bicyclic) bond motifs is 1. The first-order chi connectivity index (χ1) is 14.5. The van der Waals surface area contributed by atoms with Crippen LogP contribution >= 0.6 is 0 Å². The predicted molar refractivity (Wildman–Crippen MR) is 118 cm³/mol. The number of benzene rings is 2. The van der Waals surface area contributed by atoms with E-state index in [0.29, 0.717) is 30.8 Å².